The lowest BCUT2D eigenvalue weighted by Crippen LogP contribution is -2.51. The fourth-order valence-electron chi connectivity index (χ4n) is 2.69. The molecular formula is C17H21FN2O6. The van der Waals surface area contributed by atoms with Crippen molar-refractivity contribution in [2.75, 3.05) is 39.9 Å². The van der Waals surface area contributed by atoms with Gasteiger partial charge in [0.1, 0.15) is 18.1 Å². The summed E-state index contributed by atoms with van der Waals surface area (Å²) in [6, 6.07) is 3.99. The molecule has 0 spiro atoms. The van der Waals surface area contributed by atoms with Crippen LogP contribution in [-0.4, -0.2) is 78.7 Å². The van der Waals surface area contributed by atoms with E-state index in [4.69, 9.17) is 14.6 Å². The van der Waals surface area contributed by atoms with Crippen LogP contribution in [-0.2, 0) is 14.3 Å². The predicted molar refractivity (Wildman–Crippen MR) is 88.5 cm³/mol. The number of ether oxygens (including phenoxy) is 2. The summed E-state index contributed by atoms with van der Waals surface area (Å²) in [5.41, 5.74) is -0.0830. The fourth-order valence-corrected chi connectivity index (χ4v) is 2.69. The number of methoxy groups -OCH3 is 1. The number of hydrogen-bond donors (Lipinski definition) is 1. The number of carbonyl (C=O) groups is 3. The quantitative estimate of drug-likeness (QED) is 0.790. The lowest BCUT2D eigenvalue weighted by atomic mass is 10.1. The first-order valence-corrected chi connectivity index (χ1v) is 8.03. The van der Waals surface area contributed by atoms with E-state index in [1.54, 1.807) is 0 Å². The van der Waals surface area contributed by atoms with E-state index in [1.807, 2.05) is 0 Å². The highest BCUT2D eigenvalue weighted by Gasteiger charge is 2.29. The molecule has 1 N–H and O–H groups in total. The van der Waals surface area contributed by atoms with Crippen LogP contribution >= 0.6 is 0 Å². The van der Waals surface area contributed by atoms with Crippen molar-refractivity contribution in [1.29, 1.82) is 0 Å². The van der Waals surface area contributed by atoms with E-state index in [1.165, 1.54) is 31.1 Å². The average molecular weight is 368 g/mol. The van der Waals surface area contributed by atoms with Crippen molar-refractivity contribution in [2.45, 2.75) is 13.0 Å². The number of carboxylic acids is 1. The summed E-state index contributed by atoms with van der Waals surface area (Å²) in [5.74, 6) is -2.41. The molecule has 0 radical (unpaired) electrons. The zero-order valence-electron chi connectivity index (χ0n) is 14.6. The lowest BCUT2D eigenvalue weighted by Gasteiger charge is -2.35. The van der Waals surface area contributed by atoms with Crippen molar-refractivity contribution >= 4 is 17.8 Å². The van der Waals surface area contributed by atoms with E-state index < -0.39 is 36.2 Å². The summed E-state index contributed by atoms with van der Waals surface area (Å²) < 4.78 is 24.6. The predicted octanol–water partition coefficient (Wildman–Crippen LogP) is 0.608. The maximum Gasteiger partial charge on any atom is 0.323 e. The summed E-state index contributed by atoms with van der Waals surface area (Å²) >= 11 is 0. The molecule has 1 aliphatic heterocycles. The minimum atomic E-state index is -1.13. The number of morpholine rings is 1. The molecule has 8 nitrogen and oxygen atoms in total. The highest BCUT2D eigenvalue weighted by atomic mass is 19.1. The van der Waals surface area contributed by atoms with Gasteiger partial charge in [0.05, 0.1) is 25.4 Å². The van der Waals surface area contributed by atoms with Crippen molar-refractivity contribution < 1.29 is 33.4 Å². The number of hydrogen-bond acceptors (Lipinski definition) is 5. The van der Waals surface area contributed by atoms with Gasteiger partial charge in [-0.15, -0.1) is 0 Å². The monoisotopic (exact) mass is 368 g/mol. The Balaban J connectivity index is 2.06. The number of halogens is 1. The van der Waals surface area contributed by atoms with Crippen molar-refractivity contribution in [3.63, 3.8) is 0 Å². The van der Waals surface area contributed by atoms with Crippen LogP contribution < -0.4 is 4.74 Å². The molecule has 2 rings (SSSR count). The number of aliphatic carboxylic acids is 1. The first kappa shape index (κ1) is 19.6. The van der Waals surface area contributed by atoms with Crippen LogP contribution in [0.25, 0.3) is 0 Å². The molecule has 26 heavy (non-hydrogen) atoms. The van der Waals surface area contributed by atoms with Crippen LogP contribution in [0.15, 0.2) is 18.2 Å². The van der Waals surface area contributed by atoms with E-state index >= 15 is 0 Å². The maximum atomic E-state index is 14.1. The molecule has 1 aromatic rings. The number of carboxylic acid groups (broad SMARTS) is 1. The van der Waals surface area contributed by atoms with Gasteiger partial charge in [-0.1, -0.05) is 0 Å². The van der Waals surface area contributed by atoms with Crippen molar-refractivity contribution in [3.05, 3.63) is 29.6 Å². The fraction of sp³-hybridized carbons (Fsp3) is 0.471. The van der Waals surface area contributed by atoms with E-state index in [-0.39, 0.29) is 31.8 Å². The first-order valence-electron chi connectivity index (χ1n) is 8.03. The number of nitrogens with zero attached hydrogens (tertiary/aromatic N) is 2. The Labute approximate surface area is 150 Å². The van der Waals surface area contributed by atoms with Gasteiger partial charge in [-0.2, -0.15) is 0 Å². The number of benzene rings is 1. The van der Waals surface area contributed by atoms with Crippen LogP contribution in [0.5, 0.6) is 5.75 Å². The number of amides is 2. The molecule has 9 heteroatoms. The summed E-state index contributed by atoms with van der Waals surface area (Å²) in [6.45, 7) is 1.48. The van der Waals surface area contributed by atoms with Crippen molar-refractivity contribution in [2.24, 2.45) is 0 Å². The van der Waals surface area contributed by atoms with Crippen LogP contribution in [0.2, 0.25) is 0 Å². The van der Waals surface area contributed by atoms with E-state index in [2.05, 4.69) is 0 Å². The Kier molecular flexibility index (Phi) is 6.51. The van der Waals surface area contributed by atoms with Gasteiger partial charge in [-0.3, -0.25) is 14.4 Å². The molecule has 0 bridgehead atoms. The molecule has 1 heterocycles. The van der Waals surface area contributed by atoms with Gasteiger partial charge in [-0.05, 0) is 12.1 Å². The SMILES string of the molecule is COc1ccc(C(=O)N2CCOC(CN(CC(=O)O)C(C)=O)C2)c(F)c1. The third kappa shape index (κ3) is 4.92. The molecule has 1 aromatic carbocycles. The Bertz CT molecular complexity index is 696. The molecule has 0 aliphatic carbocycles. The third-order valence-electron chi connectivity index (χ3n) is 4.03. The zero-order chi connectivity index (χ0) is 19.3. The summed E-state index contributed by atoms with van der Waals surface area (Å²) in [5, 5.41) is 8.87. The van der Waals surface area contributed by atoms with Gasteiger partial charge in [-0.25, -0.2) is 4.39 Å². The van der Waals surface area contributed by atoms with Crippen molar-refractivity contribution in [1.82, 2.24) is 9.80 Å². The van der Waals surface area contributed by atoms with E-state index in [0.717, 1.165) is 11.0 Å². The van der Waals surface area contributed by atoms with Gasteiger partial charge in [0.15, 0.2) is 0 Å². The standard InChI is InChI=1S/C17H21FN2O6/c1-11(21)20(10-16(22)23)9-13-8-19(5-6-26-13)17(24)14-4-3-12(25-2)7-15(14)18/h3-4,7,13H,5-6,8-10H2,1-2H3,(H,22,23). The molecule has 1 aliphatic rings. The molecule has 142 valence electrons. The molecule has 1 saturated heterocycles. The molecule has 0 saturated carbocycles. The van der Waals surface area contributed by atoms with Gasteiger partial charge in [0, 0.05) is 32.6 Å². The molecular weight excluding hydrogens is 347 g/mol. The third-order valence-corrected chi connectivity index (χ3v) is 4.03. The molecule has 0 aromatic heterocycles. The number of carbonyl (C=O) groups excluding carboxylic acids is 2. The molecule has 2 amide bonds. The van der Waals surface area contributed by atoms with E-state index in [0.29, 0.717) is 5.75 Å². The van der Waals surface area contributed by atoms with Crippen LogP contribution in [0, 0.1) is 5.82 Å². The summed E-state index contributed by atoms with van der Waals surface area (Å²) in [6.07, 6.45) is -0.544. The molecule has 1 unspecified atom stereocenters. The van der Waals surface area contributed by atoms with Gasteiger partial charge >= 0.3 is 5.97 Å². The Hall–Kier alpha value is -2.68. The Morgan fingerprint density at radius 2 is 2.15 bits per heavy atom. The normalized spacial score (nSPS) is 16.9. The van der Waals surface area contributed by atoms with Crippen LogP contribution in [0.1, 0.15) is 17.3 Å². The van der Waals surface area contributed by atoms with Crippen LogP contribution in [0.3, 0.4) is 0 Å². The second-order valence-corrected chi connectivity index (χ2v) is 5.88. The second-order valence-electron chi connectivity index (χ2n) is 5.88. The topological polar surface area (TPSA) is 96.4 Å². The summed E-state index contributed by atoms with van der Waals surface area (Å²) in [7, 11) is 1.40. The zero-order valence-corrected chi connectivity index (χ0v) is 14.6. The smallest absolute Gasteiger partial charge is 0.323 e. The average Bonchev–Trinajstić information content (AvgIpc) is 2.60. The minimum Gasteiger partial charge on any atom is -0.497 e. The summed E-state index contributed by atoms with van der Waals surface area (Å²) in [4.78, 5) is 37.6. The second kappa shape index (κ2) is 8.61. The molecule has 1 fully saturated rings. The largest absolute Gasteiger partial charge is 0.497 e. The van der Waals surface area contributed by atoms with Crippen LogP contribution in [0.4, 0.5) is 4.39 Å². The Morgan fingerprint density at radius 1 is 1.42 bits per heavy atom. The highest BCUT2D eigenvalue weighted by molar-refractivity contribution is 5.94. The minimum absolute atomic E-state index is 0.0382. The van der Waals surface area contributed by atoms with Gasteiger partial charge in [0.25, 0.3) is 5.91 Å². The van der Waals surface area contributed by atoms with Gasteiger partial charge < -0.3 is 24.4 Å². The number of rotatable bonds is 6. The molecule has 1 atom stereocenters. The highest BCUT2D eigenvalue weighted by Crippen LogP contribution is 2.19. The van der Waals surface area contributed by atoms with Gasteiger partial charge in [0.2, 0.25) is 5.91 Å². The van der Waals surface area contributed by atoms with Crippen molar-refractivity contribution in [3.8, 4) is 5.75 Å². The first-order chi connectivity index (χ1) is 12.3. The Morgan fingerprint density at radius 3 is 2.73 bits per heavy atom. The maximum absolute atomic E-state index is 14.1. The lowest BCUT2D eigenvalue weighted by molar-refractivity contribution is -0.145. The van der Waals surface area contributed by atoms with E-state index in [9.17, 15) is 18.8 Å².